The Morgan fingerprint density at radius 1 is 1.50 bits per heavy atom. The number of nitrogens with zero attached hydrogens (tertiary/aromatic N) is 1. The zero-order chi connectivity index (χ0) is 12.0. The van der Waals surface area contributed by atoms with E-state index in [0.29, 0.717) is 24.8 Å². The first-order valence-corrected chi connectivity index (χ1v) is 6.28. The molecule has 2 N–H and O–H groups in total. The van der Waals surface area contributed by atoms with Gasteiger partial charge in [0.25, 0.3) is 0 Å². The van der Waals surface area contributed by atoms with Gasteiger partial charge in [-0.15, -0.1) is 0 Å². The quantitative estimate of drug-likeness (QED) is 0.704. The van der Waals surface area contributed by atoms with Gasteiger partial charge >= 0.3 is 0 Å². The minimum absolute atomic E-state index is 0.299. The van der Waals surface area contributed by atoms with Gasteiger partial charge in [0, 0.05) is 25.7 Å². The van der Waals surface area contributed by atoms with Crippen LogP contribution in [-0.2, 0) is 9.47 Å². The van der Waals surface area contributed by atoms with Crippen LogP contribution in [-0.4, -0.2) is 56.5 Å². The fourth-order valence-electron chi connectivity index (χ4n) is 2.12. The van der Waals surface area contributed by atoms with Crippen molar-refractivity contribution in [1.29, 1.82) is 0 Å². The fourth-order valence-corrected chi connectivity index (χ4v) is 2.12. The minimum Gasteiger partial charge on any atom is -0.377 e. The van der Waals surface area contributed by atoms with Gasteiger partial charge in [-0.2, -0.15) is 0 Å². The molecule has 16 heavy (non-hydrogen) atoms. The molecular weight excluding hydrogens is 204 g/mol. The van der Waals surface area contributed by atoms with Crippen molar-refractivity contribution in [3.05, 3.63) is 0 Å². The summed E-state index contributed by atoms with van der Waals surface area (Å²) >= 11 is 0. The molecule has 0 amide bonds. The molecule has 1 rings (SSSR count). The second-order valence-electron chi connectivity index (χ2n) is 4.75. The highest BCUT2D eigenvalue weighted by molar-refractivity contribution is 4.82. The van der Waals surface area contributed by atoms with Gasteiger partial charge in [-0.05, 0) is 33.7 Å². The third-order valence-electron chi connectivity index (χ3n) is 3.10. The molecule has 1 aliphatic rings. The Labute approximate surface area is 99.1 Å². The highest BCUT2D eigenvalue weighted by atomic mass is 16.5. The van der Waals surface area contributed by atoms with Gasteiger partial charge in [0.05, 0.1) is 18.8 Å². The van der Waals surface area contributed by atoms with Crippen LogP contribution in [0.4, 0.5) is 0 Å². The van der Waals surface area contributed by atoms with Crippen LogP contribution < -0.4 is 5.73 Å². The van der Waals surface area contributed by atoms with E-state index in [1.807, 2.05) is 0 Å². The summed E-state index contributed by atoms with van der Waals surface area (Å²) in [5.74, 6) is 0. The zero-order valence-electron chi connectivity index (χ0n) is 10.8. The maximum atomic E-state index is 5.82. The van der Waals surface area contributed by atoms with Crippen molar-refractivity contribution in [1.82, 2.24) is 4.90 Å². The third-order valence-corrected chi connectivity index (χ3v) is 3.10. The molecule has 0 radical (unpaired) electrons. The lowest BCUT2D eigenvalue weighted by molar-refractivity contribution is 0.0137. The number of likely N-dealkylation sites (N-methyl/N-ethyl adjacent to an activating group) is 1. The number of ether oxygens (including phenoxy) is 2. The smallest absolute Gasteiger partial charge is 0.0743 e. The minimum atomic E-state index is 0.299. The molecule has 96 valence electrons. The zero-order valence-corrected chi connectivity index (χ0v) is 10.8. The van der Waals surface area contributed by atoms with Crippen molar-refractivity contribution in [2.24, 2.45) is 5.73 Å². The molecule has 0 saturated carbocycles. The molecule has 2 atom stereocenters. The van der Waals surface area contributed by atoms with Gasteiger partial charge in [-0.25, -0.2) is 0 Å². The highest BCUT2D eigenvalue weighted by Crippen LogP contribution is 2.18. The average Bonchev–Trinajstić information content (AvgIpc) is 2.71. The van der Waals surface area contributed by atoms with Crippen molar-refractivity contribution in [2.75, 3.05) is 33.4 Å². The maximum absolute atomic E-state index is 5.82. The van der Waals surface area contributed by atoms with Gasteiger partial charge in [0.15, 0.2) is 0 Å². The topological polar surface area (TPSA) is 47.7 Å². The Morgan fingerprint density at radius 3 is 2.75 bits per heavy atom. The van der Waals surface area contributed by atoms with Crippen LogP contribution in [0.25, 0.3) is 0 Å². The van der Waals surface area contributed by atoms with Gasteiger partial charge in [-0.1, -0.05) is 0 Å². The van der Waals surface area contributed by atoms with Crippen LogP contribution in [0.1, 0.15) is 26.7 Å². The van der Waals surface area contributed by atoms with E-state index in [2.05, 4.69) is 25.8 Å². The molecule has 0 aliphatic carbocycles. The van der Waals surface area contributed by atoms with Gasteiger partial charge in [0.1, 0.15) is 0 Å². The van der Waals surface area contributed by atoms with Crippen LogP contribution in [0.2, 0.25) is 0 Å². The van der Waals surface area contributed by atoms with E-state index in [-0.39, 0.29) is 0 Å². The summed E-state index contributed by atoms with van der Waals surface area (Å²) in [6.07, 6.45) is 2.91. The molecule has 0 bridgehead atoms. The SMILES string of the molecule is CC(C)OCCN(C)C(CN)C1CCCO1. The monoisotopic (exact) mass is 230 g/mol. The van der Waals surface area contributed by atoms with Crippen LogP contribution in [0.3, 0.4) is 0 Å². The molecule has 2 unspecified atom stereocenters. The van der Waals surface area contributed by atoms with Crippen LogP contribution in [0.15, 0.2) is 0 Å². The Bertz CT molecular complexity index is 182. The van der Waals surface area contributed by atoms with Gasteiger partial charge in [-0.3, -0.25) is 4.90 Å². The average molecular weight is 230 g/mol. The predicted molar refractivity (Wildman–Crippen MR) is 65.5 cm³/mol. The third kappa shape index (κ3) is 4.37. The normalized spacial score (nSPS) is 23.2. The molecule has 1 heterocycles. The maximum Gasteiger partial charge on any atom is 0.0743 e. The Balaban J connectivity index is 2.28. The summed E-state index contributed by atoms with van der Waals surface area (Å²) in [4.78, 5) is 2.26. The summed E-state index contributed by atoms with van der Waals surface area (Å²) < 4.78 is 11.2. The largest absolute Gasteiger partial charge is 0.377 e. The summed E-state index contributed by atoms with van der Waals surface area (Å²) in [5.41, 5.74) is 5.82. The summed E-state index contributed by atoms with van der Waals surface area (Å²) in [5, 5.41) is 0. The summed E-state index contributed by atoms with van der Waals surface area (Å²) in [6, 6.07) is 0.332. The van der Waals surface area contributed by atoms with E-state index in [1.165, 1.54) is 0 Å². The summed E-state index contributed by atoms with van der Waals surface area (Å²) in [6.45, 7) is 7.33. The van der Waals surface area contributed by atoms with Crippen LogP contribution in [0.5, 0.6) is 0 Å². The molecule has 0 aromatic rings. The van der Waals surface area contributed by atoms with E-state index < -0.39 is 0 Å². The molecule has 4 nitrogen and oxygen atoms in total. The molecule has 1 saturated heterocycles. The first kappa shape index (κ1) is 13.9. The van der Waals surface area contributed by atoms with Crippen molar-refractivity contribution in [2.45, 2.75) is 44.9 Å². The van der Waals surface area contributed by atoms with E-state index in [0.717, 1.165) is 32.6 Å². The van der Waals surface area contributed by atoms with E-state index >= 15 is 0 Å². The second-order valence-corrected chi connectivity index (χ2v) is 4.75. The van der Waals surface area contributed by atoms with E-state index in [9.17, 15) is 0 Å². The molecule has 4 heteroatoms. The molecule has 1 aliphatic heterocycles. The highest BCUT2D eigenvalue weighted by Gasteiger charge is 2.27. The number of hydrogen-bond donors (Lipinski definition) is 1. The second kappa shape index (κ2) is 7.22. The lowest BCUT2D eigenvalue weighted by Gasteiger charge is -2.31. The Kier molecular flexibility index (Phi) is 6.28. The van der Waals surface area contributed by atoms with Gasteiger partial charge in [0.2, 0.25) is 0 Å². The Morgan fingerprint density at radius 2 is 2.25 bits per heavy atom. The molecule has 0 aromatic carbocycles. The van der Waals surface area contributed by atoms with Crippen molar-refractivity contribution in [3.63, 3.8) is 0 Å². The van der Waals surface area contributed by atoms with Crippen molar-refractivity contribution in [3.8, 4) is 0 Å². The first-order chi connectivity index (χ1) is 7.65. The predicted octanol–water partition coefficient (Wildman–Crippen LogP) is 0.850. The fraction of sp³-hybridized carbons (Fsp3) is 1.00. The van der Waals surface area contributed by atoms with Gasteiger partial charge < -0.3 is 15.2 Å². The number of rotatable bonds is 7. The molecule has 0 spiro atoms. The number of hydrogen-bond acceptors (Lipinski definition) is 4. The number of nitrogens with two attached hydrogens (primary N) is 1. The van der Waals surface area contributed by atoms with E-state index in [1.54, 1.807) is 0 Å². The first-order valence-electron chi connectivity index (χ1n) is 6.28. The van der Waals surface area contributed by atoms with Crippen molar-refractivity contribution < 1.29 is 9.47 Å². The van der Waals surface area contributed by atoms with Crippen LogP contribution in [0, 0.1) is 0 Å². The standard InChI is InChI=1S/C12H26N2O2/c1-10(2)15-8-6-14(3)11(9-13)12-5-4-7-16-12/h10-12H,4-9,13H2,1-3H3. The van der Waals surface area contributed by atoms with Crippen LogP contribution >= 0.6 is 0 Å². The molecule has 0 aromatic heterocycles. The molecular formula is C12H26N2O2. The van der Waals surface area contributed by atoms with Crippen molar-refractivity contribution >= 4 is 0 Å². The Hall–Kier alpha value is -0.160. The lowest BCUT2D eigenvalue weighted by atomic mass is 10.1. The summed E-state index contributed by atoms with van der Waals surface area (Å²) in [7, 11) is 2.10. The lowest BCUT2D eigenvalue weighted by Crippen LogP contribution is -2.47. The van der Waals surface area contributed by atoms with E-state index in [4.69, 9.17) is 15.2 Å². The molecule has 1 fully saturated rings.